The fourth-order valence-electron chi connectivity index (χ4n) is 2.25. The van der Waals surface area contributed by atoms with Crippen molar-refractivity contribution in [1.29, 1.82) is 0 Å². The summed E-state index contributed by atoms with van der Waals surface area (Å²) in [6, 6.07) is 11.8. The number of nitro groups is 1. The molecule has 0 saturated heterocycles. The van der Waals surface area contributed by atoms with Crippen LogP contribution in [0.25, 0.3) is 10.2 Å². The highest BCUT2D eigenvalue weighted by atomic mass is 32.2. The molecule has 0 spiro atoms. The molecule has 0 aliphatic heterocycles. The number of ether oxygens (including phenoxy) is 1. The van der Waals surface area contributed by atoms with Crippen molar-refractivity contribution in [2.24, 2.45) is 0 Å². The molecule has 0 aliphatic carbocycles. The third-order valence-corrected chi connectivity index (χ3v) is 5.80. The van der Waals surface area contributed by atoms with Crippen LogP contribution in [-0.4, -0.2) is 28.2 Å². The van der Waals surface area contributed by atoms with Crippen LogP contribution in [0.4, 0.5) is 11.4 Å². The molecule has 1 unspecified atom stereocenters. The van der Waals surface area contributed by atoms with Crippen molar-refractivity contribution < 1.29 is 14.5 Å². The Kier molecular flexibility index (Phi) is 5.38. The van der Waals surface area contributed by atoms with Crippen molar-refractivity contribution >= 4 is 50.6 Å². The average Bonchev–Trinajstić information content (AvgIpc) is 3.03. The second-order valence-corrected chi connectivity index (χ2v) is 7.96. The zero-order valence-electron chi connectivity index (χ0n) is 14.0. The highest BCUT2D eigenvalue weighted by molar-refractivity contribution is 8.02. The van der Waals surface area contributed by atoms with Crippen LogP contribution in [0.3, 0.4) is 0 Å². The number of rotatable bonds is 6. The van der Waals surface area contributed by atoms with Crippen LogP contribution in [0.2, 0.25) is 0 Å². The van der Waals surface area contributed by atoms with Gasteiger partial charge in [-0.25, -0.2) is 4.98 Å². The monoisotopic (exact) mass is 389 g/mol. The maximum Gasteiger partial charge on any atom is 0.271 e. The number of nitro benzene ring substituents is 1. The van der Waals surface area contributed by atoms with Gasteiger partial charge < -0.3 is 10.1 Å². The second kappa shape index (κ2) is 7.71. The highest BCUT2D eigenvalue weighted by Gasteiger charge is 2.20. The van der Waals surface area contributed by atoms with E-state index < -0.39 is 10.2 Å². The molecule has 1 atom stereocenters. The smallest absolute Gasteiger partial charge is 0.271 e. The number of anilines is 1. The lowest BCUT2D eigenvalue weighted by Crippen LogP contribution is -2.22. The molecule has 134 valence electrons. The summed E-state index contributed by atoms with van der Waals surface area (Å²) in [6.07, 6.45) is 0. The molecule has 26 heavy (non-hydrogen) atoms. The number of nitrogens with one attached hydrogen (secondary N) is 1. The molecule has 1 aromatic heterocycles. The molecule has 1 heterocycles. The summed E-state index contributed by atoms with van der Waals surface area (Å²) in [5, 5.41) is 13.2. The molecule has 3 rings (SSSR count). The summed E-state index contributed by atoms with van der Waals surface area (Å²) in [6.45, 7) is 1.76. The number of aromatic nitrogens is 1. The number of non-ortho nitro benzene ring substituents is 1. The minimum atomic E-state index is -0.519. The first-order chi connectivity index (χ1) is 12.5. The topological polar surface area (TPSA) is 94.4 Å². The molecule has 0 bridgehead atoms. The van der Waals surface area contributed by atoms with Crippen LogP contribution in [-0.2, 0) is 4.79 Å². The molecule has 0 saturated carbocycles. The Bertz CT molecular complexity index is 941. The van der Waals surface area contributed by atoms with Gasteiger partial charge in [-0.05, 0) is 25.1 Å². The fourth-order valence-corrected chi connectivity index (χ4v) is 4.46. The lowest BCUT2D eigenvalue weighted by atomic mass is 10.2. The van der Waals surface area contributed by atoms with Crippen molar-refractivity contribution in [2.75, 3.05) is 12.4 Å². The van der Waals surface area contributed by atoms with E-state index in [4.69, 9.17) is 4.74 Å². The van der Waals surface area contributed by atoms with Crippen LogP contribution in [0.1, 0.15) is 6.92 Å². The van der Waals surface area contributed by atoms with Gasteiger partial charge in [0.25, 0.3) is 5.69 Å². The van der Waals surface area contributed by atoms with Gasteiger partial charge in [-0.2, -0.15) is 0 Å². The van der Waals surface area contributed by atoms with E-state index in [0.29, 0.717) is 5.75 Å². The number of nitrogens with zero attached hydrogens (tertiary/aromatic N) is 2. The van der Waals surface area contributed by atoms with Crippen LogP contribution < -0.4 is 10.1 Å². The van der Waals surface area contributed by atoms with Crippen molar-refractivity contribution in [3.63, 3.8) is 0 Å². The maximum atomic E-state index is 12.5. The Labute approximate surface area is 157 Å². The van der Waals surface area contributed by atoms with Gasteiger partial charge >= 0.3 is 0 Å². The molecule has 1 N–H and O–H groups in total. The van der Waals surface area contributed by atoms with Gasteiger partial charge in [-0.15, -0.1) is 11.3 Å². The van der Waals surface area contributed by atoms with Gasteiger partial charge in [-0.3, -0.25) is 14.9 Å². The molecule has 1 amide bonds. The first-order valence-electron chi connectivity index (χ1n) is 7.63. The van der Waals surface area contributed by atoms with E-state index in [9.17, 15) is 14.9 Å². The molecule has 2 aromatic carbocycles. The number of hydrogen-bond acceptors (Lipinski definition) is 7. The fraction of sp³-hybridized carbons (Fsp3) is 0.176. The summed E-state index contributed by atoms with van der Waals surface area (Å²) >= 11 is 2.86. The first-order valence-corrected chi connectivity index (χ1v) is 9.33. The number of carbonyl (C=O) groups is 1. The van der Waals surface area contributed by atoms with Crippen LogP contribution in [0, 0.1) is 10.1 Å². The summed E-state index contributed by atoms with van der Waals surface area (Å²) in [7, 11) is 1.44. The predicted octanol–water partition coefficient (Wildman–Crippen LogP) is 4.33. The molecule has 0 radical (unpaired) electrons. The standard InChI is InChI=1S/C17H15N3O4S2/c1-10(25-17-19-12-5-3-4-6-15(12)26-17)16(21)18-13-9-11(20(22)23)7-8-14(13)24-2/h3-10H,1-2H3,(H,18,21). The normalized spacial score (nSPS) is 11.9. The summed E-state index contributed by atoms with van der Waals surface area (Å²) < 4.78 is 7.01. The zero-order chi connectivity index (χ0) is 18.7. The highest BCUT2D eigenvalue weighted by Crippen LogP contribution is 2.33. The number of benzene rings is 2. The SMILES string of the molecule is COc1ccc([N+](=O)[O-])cc1NC(=O)C(C)Sc1nc2ccccc2s1. The molecular weight excluding hydrogens is 374 g/mol. The van der Waals surface area contributed by atoms with E-state index in [1.54, 1.807) is 6.92 Å². The number of thiazole rings is 1. The molecule has 7 nitrogen and oxygen atoms in total. The van der Waals surface area contributed by atoms with E-state index in [-0.39, 0.29) is 17.3 Å². The quantitative estimate of drug-likeness (QED) is 0.383. The Morgan fingerprint density at radius 3 is 2.81 bits per heavy atom. The third kappa shape index (κ3) is 3.94. The minimum absolute atomic E-state index is 0.118. The average molecular weight is 389 g/mol. The third-order valence-electron chi connectivity index (χ3n) is 3.57. The van der Waals surface area contributed by atoms with E-state index >= 15 is 0 Å². The lowest BCUT2D eigenvalue weighted by Gasteiger charge is -2.13. The lowest BCUT2D eigenvalue weighted by molar-refractivity contribution is -0.384. The van der Waals surface area contributed by atoms with Crippen LogP contribution in [0.5, 0.6) is 5.75 Å². The van der Waals surface area contributed by atoms with Gasteiger partial charge in [0.1, 0.15) is 5.75 Å². The van der Waals surface area contributed by atoms with Gasteiger partial charge in [0.05, 0.1) is 33.2 Å². The Morgan fingerprint density at radius 2 is 2.12 bits per heavy atom. The van der Waals surface area contributed by atoms with E-state index in [2.05, 4.69) is 10.3 Å². The number of amides is 1. The number of methoxy groups -OCH3 is 1. The molecule has 0 fully saturated rings. The van der Waals surface area contributed by atoms with Crippen LogP contribution in [0.15, 0.2) is 46.8 Å². The van der Waals surface area contributed by atoms with Gasteiger partial charge in [0, 0.05) is 12.1 Å². The molecule has 3 aromatic rings. The number of fused-ring (bicyclic) bond motifs is 1. The zero-order valence-corrected chi connectivity index (χ0v) is 15.6. The Hall–Kier alpha value is -2.65. The number of carbonyl (C=O) groups excluding carboxylic acids is 1. The summed E-state index contributed by atoms with van der Waals surface area (Å²) in [5.74, 6) is 0.0780. The Balaban J connectivity index is 1.74. The maximum absolute atomic E-state index is 12.5. The van der Waals surface area contributed by atoms with Crippen LogP contribution >= 0.6 is 23.1 Å². The number of thioether (sulfide) groups is 1. The van der Waals surface area contributed by atoms with E-state index in [0.717, 1.165) is 14.6 Å². The molecule has 9 heteroatoms. The van der Waals surface area contributed by atoms with E-state index in [1.807, 2.05) is 24.3 Å². The molecular formula is C17H15N3O4S2. The minimum Gasteiger partial charge on any atom is -0.495 e. The number of hydrogen-bond donors (Lipinski definition) is 1. The Morgan fingerprint density at radius 1 is 1.35 bits per heavy atom. The first kappa shape index (κ1) is 18.2. The van der Waals surface area contributed by atoms with Crippen molar-refractivity contribution in [3.05, 3.63) is 52.6 Å². The van der Waals surface area contributed by atoms with Crippen molar-refractivity contribution in [3.8, 4) is 5.75 Å². The van der Waals surface area contributed by atoms with Crippen molar-refractivity contribution in [2.45, 2.75) is 16.5 Å². The van der Waals surface area contributed by atoms with Crippen molar-refractivity contribution in [1.82, 2.24) is 4.98 Å². The van der Waals surface area contributed by atoms with E-state index in [1.165, 1.54) is 48.4 Å². The van der Waals surface area contributed by atoms with Gasteiger partial charge in [0.15, 0.2) is 4.34 Å². The number of para-hydroxylation sites is 1. The predicted molar refractivity (Wildman–Crippen MR) is 103 cm³/mol. The largest absolute Gasteiger partial charge is 0.495 e. The van der Waals surface area contributed by atoms with Gasteiger partial charge in [-0.1, -0.05) is 23.9 Å². The molecule has 0 aliphatic rings. The second-order valence-electron chi connectivity index (χ2n) is 5.34. The van der Waals surface area contributed by atoms with Gasteiger partial charge in [0.2, 0.25) is 5.91 Å². The summed E-state index contributed by atoms with van der Waals surface area (Å²) in [4.78, 5) is 27.4. The summed E-state index contributed by atoms with van der Waals surface area (Å²) in [5.41, 5.74) is 1.05.